The molecule has 0 saturated carbocycles. The van der Waals surface area contributed by atoms with Crippen molar-refractivity contribution in [3.63, 3.8) is 0 Å². The van der Waals surface area contributed by atoms with Crippen LogP contribution in [-0.2, 0) is 6.54 Å². The first-order chi connectivity index (χ1) is 9.66. The van der Waals surface area contributed by atoms with Crippen molar-refractivity contribution in [2.45, 2.75) is 13.5 Å². The Hall–Kier alpha value is -2.13. The molecule has 0 radical (unpaired) electrons. The minimum atomic E-state index is -0.0122. The fraction of sp³-hybridized carbons (Fsp3) is 0.125. The largest absolute Gasteiger partial charge is 0.320 e. The van der Waals surface area contributed by atoms with Gasteiger partial charge in [-0.1, -0.05) is 35.9 Å². The van der Waals surface area contributed by atoms with E-state index in [-0.39, 0.29) is 12.3 Å². The molecule has 1 aromatic heterocycles. The molecule has 0 aliphatic rings. The number of hydrogen-bond acceptors (Lipinski definition) is 2. The summed E-state index contributed by atoms with van der Waals surface area (Å²) >= 11 is 6.07. The average Bonchev–Trinajstić information content (AvgIpc) is 2.76. The molecule has 20 heavy (non-hydrogen) atoms. The number of aryl methyl sites for hydroxylation is 1. The number of nitrogens with zero attached hydrogens (tertiary/aromatic N) is 2. The molecule has 0 unspecified atom stereocenters. The smallest absolute Gasteiger partial charge is 0.184 e. The van der Waals surface area contributed by atoms with E-state index in [0.29, 0.717) is 10.6 Å². The van der Waals surface area contributed by atoms with Gasteiger partial charge in [0.1, 0.15) is 5.82 Å². The summed E-state index contributed by atoms with van der Waals surface area (Å²) in [5.41, 5.74) is 2.41. The van der Waals surface area contributed by atoms with E-state index in [9.17, 15) is 4.79 Å². The van der Waals surface area contributed by atoms with Crippen LogP contribution in [0.3, 0.4) is 0 Å². The van der Waals surface area contributed by atoms with Crippen molar-refractivity contribution in [2.24, 2.45) is 0 Å². The zero-order valence-corrected chi connectivity index (χ0v) is 11.8. The molecule has 3 nitrogen and oxygen atoms in total. The predicted molar refractivity (Wildman–Crippen MR) is 80.3 cm³/mol. The molecule has 0 atom stereocenters. The standard InChI is InChI=1S/C16H13ClN2O/c1-11-18-14-8-4-5-9-15(14)19(11)10-16(20)12-6-2-3-7-13(12)17/h2-9H,10H2,1H3. The Bertz CT molecular complexity index is 792. The van der Waals surface area contributed by atoms with Gasteiger partial charge in [0.15, 0.2) is 5.78 Å². The summed E-state index contributed by atoms with van der Waals surface area (Å²) in [5.74, 6) is 0.813. The van der Waals surface area contributed by atoms with Crippen molar-refractivity contribution in [3.05, 3.63) is 64.9 Å². The van der Waals surface area contributed by atoms with Gasteiger partial charge in [0.25, 0.3) is 0 Å². The van der Waals surface area contributed by atoms with Crippen LogP contribution in [0.5, 0.6) is 0 Å². The molecule has 0 bridgehead atoms. The van der Waals surface area contributed by atoms with Crippen molar-refractivity contribution >= 4 is 28.4 Å². The summed E-state index contributed by atoms with van der Waals surface area (Å²) in [6, 6.07) is 14.9. The Morgan fingerprint density at radius 3 is 2.65 bits per heavy atom. The number of fused-ring (bicyclic) bond motifs is 1. The van der Waals surface area contributed by atoms with Crippen molar-refractivity contribution in [1.29, 1.82) is 0 Å². The monoisotopic (exact) mass is 284 g/mol. The van der Waals surface area contributed by atoms with Crippen LogP contribution in [0.25, 0.3) is 11.0 Å². The molecule has 0 amide bonds. The summed E-state index contributed by atoms with van der Waals surface area (Å²) < 4.78 is 1.92. The first kappa shape index (κ1) is 12.9. The van der Waals surface area contributed by atoms with Crippen LogP contribution in [0.15, 0.2) is 48.5 Å². The molecule has 3 rings (SSSR count). The number of benzene rings is 2. The third-order valence-corrected chi connectivity index (χ3v) is 3.65. The van der Waals surface area contributed by atoms with Gasteiger partial charge >= 0.3 is 0 Å². The highest BCUT2D eigenvalue weighted by atomic mass is 35.5. The topological polar surface area (TPSA) is 34.9 Å². The normalized spacial score (nSPS) is 10.9. The second kappa shape index (κ2) is 5.10. The molecule has 0 N–H and O–H groups in total. The number of ketones is 1. The number of imidazole rings is 1. The molecule has 4 heteroatoms. The second-order valence-electron chi connectivity index (χ2n) is 4.64. The van der Waals surface area contributed by atoms with Crippen LogP contribution in [-0.4, -0.2) is 15.3 Å². The lowest BCUT2D eigenvalue weighted by molar-refractivity contribution is 0.0972. The quantitative estimate of drug-likeness (QED) is 0.684. The first-order valence-corrected chi connectivity index (χ1v) is 6.74. The van der Waals surface area contributed by atoms with Gasteiger partial charge in [0, 0.05) is 5.56 Å². The van der Waals surface area contributed by atoms with Crippen molar-refractivity contribution in [1.82, 2.24) is 9.55 Å². The lowest BCUT2D eigenvalue weighted by Gasteiger charge is -2.07. The fourth-order valence-corrected chi connectivity index (χ4v) is 2.55. The maximum Gasteiger partial charge on any atom is 0.184 e. The molecule has 100 valence electrons. The minimum Gasteiger partial charge on any atom is -0.320 e. The van der Waals surface area contributed by atoms with E-state index >= 15 is 0 Å². The van der Waals surface area contributed by atoms with Gasteiger partial charge in [0.2, 0.25) is 0 Å². The van der Waals surface area contributed by atoms with Crippen LogP contribution in [0.2, 0.25) is 5.02 Å². The van der Waals surface area contributed by atoms with E-state index in [2.05, 4.69) is 4.98 Å². The Morgan fingerprint density at radius 2 is 1.85 bits per heavy atom. The van der Waals surface area contributed by atoms with Crippen LogP contribution in [0.1, 0.15) is 16.2 Å². The lowest BCUT2D eigenvalue weighted by Crippen LogP contribution is -2.12. The van der Waals surface area contributed by atoms with Crippen molar-refractivity contribution in [2.75, 3.05) is 0 Å². The van der Waals surface area contributed by atoms with Gasteiger partial charge in [-0.2, -0.15) is 0 Å². The Labute approximate surface area is 121 Å². The summed E-state index contributed by atoms with van der Waals surface area (Å²) in [7, 11) is 0. The van der Waals surface area contributed by atoms with Crippen molar-refractivity contribution < 1.29 is 4.79 Å². The van der Waals surface area contributed by atoms with E-state index < -0.39 is 0 Å². The first-order valence-electron chi connectivity index (χ1n) is 6.36. The SMILES string of the molecule is Cc1nc2ccccc2n1CC(=O)c1ccccc1Cl. The lowest BCUT2D eigenvalue weighted by atomic mass is 10.1. The summed E-state index contributed by atoms with van der Waals surface area (Å²) in [4.78, 5) is 16.9. The van der Waals surface area contributed by atoms with Crippen LogP contribution < -0.4 is 0 Å². The molecular weight excluding hydrogens is 272 g/mol. The van der Waals surface area contributed by atoms with Crippen LogP contribution >= 0.6 is 11.6 Å². The molecule has 0 saturated heterocycles. The summed E-state index contributed by atoms with van der Waals surface area (Å²) in [6.07, 6.45) is 0. The molecule has 2 aromatic carbocycles. The van der Waals surface area contributed by atoms with Gasteiger partial charge in [-0.05, 0) is 31.2 Å². The Kier molecular flexibility index (Phi) is 3.28. The van der Waals surface area contributed by atoms with E-state index in [4.69, 9.17) is 11.6 Å². The fourth-order valence-electron chi connectivity index (χ4n) is 2.31. The highest BCUT2D eigenvalue weighted by Crippen LogP contribution is 2.19. The molecule has 0 aliphatic carbocycles. The molecular formula is C16H13ClN2O. The highest BCUT2D eigenvalue weighted by Gasteiger charge is 2.14. The number of rotatable bonds is 3. The summed E-state index contributed by atoms with van der Waals surface area (Å²) in [6.45, 7) is 2.15. The number of carbonyl (C=O) groups is 1. The highest BCUT2D eigenvalue weighted by molar-refractivity contribution is 6.33. The van der Waals surface area contributed by atoms with Gasteiger partial charge < -0.3 is 4.57 Å². The number of carbonyl (C=O) groups excluding carboxylic acids is 1. The van der Waals surface area contributed by atoms with Crippen LogP contribution in [0, 0.1) is 6.92 Å². The average molecular weight is 285 g/mol. The number of halogens is 1. The number of Topliss-reactive ketones (excluding diaryl/α,β-unsaturated/α-hetero) is 1. The van der Waals surface area contributed by atoms with E-state index in [0.717, 1.165) is 16.9 Å². The Morgan fingerprint density at radius 1 is 1.15 bits per heavy atom. The third-order valence-electron chi connectivity index (χ3n) is 3.32. The summed E-state index contributed by atoms with van der Waals surface area (Å²) in [5, 5.41) is 0.486. The zero-order valence-electron chi connectivity index (χ0n) is 11.0. The van der Waals surface area contributed by atoms with E-state index in [1.54, 1.807) is 12.1 Å². The number of para-hydroxylation sites is 2. The minimum absolute atomic E-state index is 0.0122. The van der Waals surface area contributed by atoms with Crippen molar-refractivity contribution in [3.8, 4) is 0 Å². The van der Waals surface area contributed by atoms with Gasteiger partial charge in [-0.3, -0.25) is 4.79 Å². The third kappa shape index (κ3) is 2.21. The van der Waals surface area contributed by atoms with Gasteiger partial charge in [-0.25, -0.2) is 4.98 Å². The maximum atomic E-state index is 12.4. The van der Waals surface area contributed by atoms with Crippen LogP contribution in [0.4, 0.5) is 0 Å². The molecule has 3 aromatic rings. The second-order valence-corrected chi connectivity index (χ2v) is 5.04. The van der Waals surface area contributed by atoms with E-state index in [1.165, 1.54) is 0 Å². The predicted octanol–water partition coefficient (Wildman–Crippen LogP) is 3.88. The maximum absolute atomic E-state index is 12.4. The van der Waals surface area contributed by atoms with Gasteiger partial charge in [-0.15, -0.1) is 0 Å². The zero-order chi connectivity index (χ0) is 14.1. The van der Waals surface area contributed by atoms with E-state index in [1.807, 2.05) is 47.9 Å². The Balaban J connectivity index is 2.00. The molecule has 0 aliphatic heterocycles. The van der Waals surface area contributed by atoms with Gasteiger partial charge in [0.05, 0.1) is 22.6 Å². The molecule has 0 spiro atoms. The molecule has 0 fully saturated rings. The number of aromatic nitrogens is 2. The molecule has 1 heterocycles. The number of hydrogen-bond donors (Lipinski definition) is 0.